The first kappa shape index (κ1) is 13.9. The number of hydrogen-bond acceptors (Lipinski definition) is 4. The van der Waals surface area contributed by atoms with Crippen LogP contribution in [0.1, 0.15) is 20.8 Å². The summed E-state index contributed by atoms with van der Waals surface area (Å²) in [5.74, 6) is 0. The molecular weight excluding hydrogens is 260 g/mol. The molecular formula is C14H14N2O4. The van der Waals surface area contributed by atoms with Crippen molar-refractivity contribution in [3.05, 3.63) is 53.5 Å². The molecule has 6 nitrogen and oxygen atoms in total. The van der Waals surface area contributed by atoms with E-state index in [4.69, 9.17) is 0 Å². The van der Waals surface area contributed by atoms with Gasteiger partial charge in [-0.2, -0.15) is 0 Å². The van der Waals surface area contributed by atoms with Crippen LogP contribution >= 0.6 is 0 Å². The smallest absolute Gasteiger partial charge is 0.261 e. The molecule has 2 heterocycles. The molecule has 0 atom stereocenters. The number of H-pyrrole nitrogens is 1. The standard InChI is InChI=1S/C12H8N2O4.C2H6/c1-2-14-11(17)7-3-5-6(4-8(7)12(14)18)10(16)13-9(5)15;1-2/h3-4H,2H2,1H3,(H,13,15,16);1-2H3. The number of aromatic nitrogens is 2. The lowest BCUT2D eigenvalue weighted by Crippen LogP contribution is -2.24. The highest BCUT2D eigenvalue weighted by Gasteiger charge is 2.15. The van der Waals surface area contributed by atoms with E-state index in [0.717, 1.165) is 4.57 Å². The summed E-state index contributed by atoms with van der Waals surface area (Å²) in [6, 6.07) is 2.64. The van der Waals surface area contributed by atoms with Gasteiger partial charge in [-0.15, -0.1) is 0 Å². The zero-order chi connectivity index (χ0) is 15.0. The molecule has 0 aliphatic heterocycles. The fourth-order valence-electron chi connectivity index (χ4n) is 2.24. The summed E-state index contributed by atoms with van der Waals surface area (Å²) < 4.78 is 1.09. The van der Waals surface area contributed by atoms with E-state index in [-0.39, 0.29) is 28.1 Å². The van der Waals surface area contributed by atoms with Gasteiger partial charge in [-0.25, -0.2) is 0 Å². The molecule has 104 valence electrons. The Balaban J connectivity index is 0.000000704. The summed E-state index contributed by atoms with van der Waals surface area (Å²) >= 11 is 0. The lowest BCUT2D eigenvalue weighted by Gasteiger charge is -1.88. The maximum absolute atomic E-state index is 11.9. The van der Waals surface area contributed by atoms with E-state index in [0.29, 0.717) is 0 Å². The van der Waals surface area contributed by atoms with Crippen molar-refractivity contribution in [3.8, 4) is 0 Å². The van der Waals surface area contributed by atoms with Crippen molar-refractivity contribution in [2.45, 2.75) is 27.3 Å². The monoisotopic (exact) mass is 274 g/mol. The molecule has 20 heavy (non-hydrogen) atoms. The second kappa shape index (κ2) is 4.88. The molecule has 0 bridgehead atoms. The summed E-state index contributed by atoms with van der Waals surface area (Å²) in [6.07, 6.45) is 0. The fraction of sp³-hybridized carbons (Fsp3) is 0.286. The van der Waals surface area contributed by atoms with Crippen molar-refractivity contribution in [1.29, 1.82) is 0 Å². The van der Waals surface area contributed by atoms with Crippen LogP contribution in [0.15, 0.2) is 31.3 Å². The summed E-state index contributed by atoms with van der Waals surface area (Å²) in [5.41, 5.74) is -1.92. The van der Waals surface area contributed by atoms with E-state index in [2.05, 4.69) is 4.98 Å². The number of nitrogens with one attached hydrogen (secondary N) is 1. The fourth-order valence-corrected chi connectivity index (χ4v) is 2.24. The Morgan fingerprint density at radius 1 is 0.850 bits per heavy atom. The highest BCUT2D eigenvalue weighted by Crippen LogP contribution is 2.13. The molecule has 0 radical (unpaired) electrons. The number of nitrogens with zero attached hydrogens (tertiary/aromatic N) is 1. The van der Waals surface area contributed by atoms with Crippen LogP contribution in [0, 0.1) is 0 Å². The third-order valence-corrected chi connectivity index (χ3v) is 3.14. The van der Waals surface area contributed by atoms with Gasteiger partial charge in [0.1, 0.15) is 0 Å². The number of aromatic amines is 1. The SMILES string of the molecule is CC.CCn1c(=O)c2cc3c(=O)[nH]c(=O)c3cc2c1=O. The Hall–Kier alpha value is -2.50. The molecule has 0 spiro atoms. The average Bonchev–Trinajstić information content (AvgIpc) is 2.87. The molecule has 3 rings (SSSR count). The first-order valence-corrected chi connectivity index (χ1v) is 6.44. The number of rotatable bonds is 1. The van der Waals surface area contributed by atoms with E-state index in [9.17, 15) is 19.2 Å². The lowest BCUT2D eigenvalue weighted by atomic mass is 10.1. The highest BCUT2D eigenvalue weighted by atomic mass is 16.2. The maximum atomic E-state index is 11.9. The second-order valence-electron chi connectivity index (χ2n) is 4.08. The van der Waals surface area contributed by atoms with Crippen molar-refractivity contribution < 1.29 is 0 Å². The Kier molecular flexibility index (Phi) is 3.40. The molecule has 0 amide bonds. The van der Waals surface area contributed by atoms with Crippen LogP contribution in [0.3, 0.4) is 0 Å². The van der Waals surface area contributed by atoms with Crippen molar-refractivity contribution in [2.75, 3.05) is 0 Å². The lowest BCUT2D eigenvalue weighted by molar-refractivity contribution is 0.722. The molecule has 1 N–H and O–H groups in total. The molecule has 0 saturated heterocycles. The van der Waals surface area contributed by atoms with Crippen LogP contribution in [-0.4, -0.2) is 9.55 Å². The second-order valence-corrected chi connectivity index (χ2v) is 4.08. The molecule has 3 aromatic rings. The predicted molar refractivity (Wildman–Crippen MR) is 78.3 cm³/mol. The summed E-state index contributed by atoms with van der Waals surface area (Å²) in [4.78, 5) is 48.9. The van der Waals surface area contributed by atoms with E-state index in [1.807, 2.05) is 13.8 Å². The summed E-state index contributed by atoms with van der Waals surface area (Å²) in [5, 5.41) is 0.673. The van der Waals surface area contributed by atoms with E-state index in [1.54, 1.807) is 6.92 Å². The van der Waals surface area contributed by atoms with Gasteiger partial charge in [0.2, 0.25) is 0 Å². The number of fused-ring (bicyclic) bond motifs is 2. The predicted octanol–water partition coefficient (Wildman–Crippen LogP) is 0.485. The average molecular weight is 274 g/mol. The third-order valence-electron chi connectivity index (χ3n) is 3.14. The van der Waals surface area contributed by atoms with Gasteiger partial charge in [-0.05, 0) is 19.1 Å². The third kappa shape index (κ3) is 1.72. The van der Waals surface area contributed by atoms with E-state index < -0.39 is 22.2 Å². The van der Waals surface area contributed by atoms with Gasteiger partial charge in [0, 0.05) is 6.54 Å². The Morgan fingerprint density at radius 3 is 1.60 bits per heavy atom. The van der Waals surface area contributed by atoms with Gasteiger partial charge in [0.15, 0.2) is 0 Å². The topological polar surface area (TPSA) is 89.0 Å². The zero-order valence-corrected chi connectivity index (χ0v) is 11.4. The molecule has 6 heteroatoms. The van der Waals surface area contributed by atoms with Crippen molar-refractivity contribution >= 4 is 21.5 Å². The summed E-state index contributed by atoms with van der Waals surface area (Å²) in [6.45, 7) is 5.95. The van der Waals surface area contributed by atoms with Crippen molar-refractivity contribution in [1.82, 2.24) is 9.55 Å². The van der Waals surface area contributed by atoms with Crippen LogP contribution in [0.4, 0.5) is 0 Å². The van der Waals surface area contributed by atoms with Crippen molar-refractivity contribution in [3.63, 3.8) is 0 Å². The first-order valence-electron chi connectivity index (χ1n) is 6.44. The largest absolute Gasteiger partial charge is 0.288 e. The summed E-state index contributed by atoms with van der Waals surface area (Å²) in [7, 11) is 0. The quantitative estimate of drug-likeness (QED) is 0.699. The maximum Gasteiger partial charge on any atom is 0.261 e. The van der Waals surface area contributed by atoms with Gasteiger partial charge < -0.3 is 0 Å². The van der Waals surface area contributed by atoms with Gasteiger partial charge in [0.05, 0.1) is 21.5 Å². The molecule has 0 saturated carbocycles. The van der Waals surface area contributed by atoms with Crippen LogP contribution in [0.5, 0.6) is 0 Å². The Morgan fingerprint density at radius 2 is 1.25 bits per heavy atom. The van der Waals surface area contributed by atoms with Gasteiger partial charge in [-0.1, -0.05) is 13.8 Å². The van der Waals surface area contributed by atoms with Crippen LogP contribution in [0.25, 0.3) is 21.5 Å². The Labute approximate surface area is 113 Å². The Bertz CT molecular complexity index is 909. The molecule has 0 aliphatic rings. The van der Waals surface area contributed by atoms with Crippen LogP contribution in [0.2, 0.25) is 0 Å². The molecule has 0 unspecified atom stereocenters. The minimum absolute atomic E-state index is 0.151. The minimum atomic E-state index is -0.534. The number of hydrogen-bond donors (Lipinski definition) is 1. The van der Waals surface area contributed by atoms with Gasteiger partial charge in [0.25, 0.3) is 22.2 Å². The molecule has 0 fully saturated rings. The first-order chi connectivity index (χ1) is 9.54. The molecule has 0 aliphatic carbocycles. The van der Waals surface area contributed by atoms with Gasteiger partial charge in [-0.3, -0.25) is 28.7 Å². The highest BCUT2D eigenvalue weighted by molar-refractivity contribution is 5.97. The van der Waals surface area contributed by atoms with Crippen molar-refractivity contribution in [2.24, 2.45) is 0 Å². The van der Waals surface area contributed by atoms with Crippen LogP contribution < -0.4 is 22.2 Å². The molecule has 1 aromatic carbocycles. The van der Waals surface area contributed by atoms with E-state index in [1.165, 1.54) is 12.1 Å². The minimum Gasteiger partial charge on any atom is -0.288 e. The zero-order valence-electron chi connectivity index (χ0n) is 11.4. The number of benzene rings is 1. The van der Waals surface area contributed by atoms with E-state index >= 15 is 0 Å². The normalized spacial score (nSPS) is 10.8. The van der Waals surface area contributed by atoms with Crippen LogP contribution in [-0.2, 0) is 6.54 Å². The molecule has 2 aromatic heterocycles. The van der Waals surface area contributed by atoms with Gasteiger partial charge >= 0.3 is 0 Å².